The second kappa shape index (κ2) is 4.87. The number of carbonyl (C=O) groups is 2. The van der Waals surface area contributed by atoms with Gasteiger partial charge in [0.05, 0.1) is 23.8 Å². The molecule has 0 radical (unpaired) electrons. The fourth-order valence-electron chi connectivity index (χ4n) is 1.41. The Morgan fingerprint density at radius 3 is 2.44 bits per heavy atom. The van der Waals surface area contributed by atoms with E-state index in [1.807, 2.05) is 0 Å². The number of ether oxygens (including phenoxy) is 1. The van der Waals surface area contributed by atoms with Crippen LogP contribution in [0.5, 0.6) is 0 Å². The van der Waals surface area contributed by atoms with Crippen molar-refractivity contribution in [3.63, 3.8) is 0 Å². The summed E-state index contributed by atoms with van der Waals surface area (Å²) in [6.07, 6.45) is -4.82. The van der Waals surface area contributed by atoms with Gasteiger partial charge in [0.25, 0.3) is 0 Å². The maximum Gasteiger partial charge on any atom is 0.418 e. The lowest BCUT2D eigenvalue weighted by Gasteiger charge is -2.14. The van der Waals surface area contributed by atoms with Gasteiger partial charge in [-0.25, -0.2) is 4.79 Å². The third-order valence-electron chi connectivity index (χ3n) is 2.17. The average molecular weight is 257 g/mol. The third-order valence-corrected chi connectivity index (χ3v) is 2.17. The molecule has 1 rings (SSSR count). The molecule has 0 aromatic heterocycles. The maximum atomic E-state index is 12.8. The van der Waals surface area contributed by atoms with Crippen LogP contribution in [0, 0.1) is 11.3 Å². The zero-order chi connectivity index (χ0) is 13.9. The van der Waals surface area contributed by atoms with E-state index in [2.05, 4.69) is 4.74 Å². The molecule has 0 amide bonds. The Kier molecular flexibility index (Phi) is 3.71. The molecule has 18 heavy (non-hydrogen) atoms. The molecular weight excluding hydrogens is 251 g/mol. The highest BCUT2D eigenvalue weighted by Crippen LogP contribution is 2.36. The van der Waals surface area contributed by atoms with E-state index in [0.717, 1.165) is 19.2 Å². The number of nitriles is 1. The molecule has 0 N–H and O–H groups in total. The molecular formula is C11H6F3NO3. The SMILES string of the molecule is COC(=O)c1ccc(C=O)c(C#N)c1C(F)(F)F. The lowest BCUT2D eigenvalue weighted by molar-refractivity contribution is -0.138. The number of halogens is 3. The Balaban J connectivity index is 3.72. The summed E-state index contributed by atoms with van der Waals surface area (Å²) in [5, 5.41) is 8.71. The predicted octanol–water partition coefficient (Wildman–Crippen LogP) is 2.18. The van der Waals surface area contributed by atoms with Gasteiger partial charge < -0.3 is 4.74 Å². The van der Waals surface area contributed by atoms with Gasteiger partial charge >= 0.3 is 12.1 Å². The second-order valence-electron chi connectivity index (χ2n) is 3.17. The van der Waals surface area contributed by atoms with Crippen LogP contribution in [0.3, 0.4) is 0 Å². The molecule has 7 heteroatoms. The fourth-order valence-corrected chi connectivity index (χ4v) is 1.41. The largest absolute Gasteiger partial charge is 0.465 e. The lowest BCUT2D eigenvalue weighted by Crippen LogP contribution is -2.17. The van der Waals surface area contributed by atoms with Crippen LogP contribution in [0.4, 0.5) is 13.2 Å². The molecule has 0 fully saturated rings. The quantitative estimate of drug-likeness (QED) is 0.601. The van der Waals surface area contributed by atoms with Crippen molar-refractivity contribution in [3.05, 3.63) is 34.4 Å². The molecule has 0 saturated heterocycles. The number of rotatable bonds is 2. The van der Waals surface area contributed by atoms with Crippen molar-refractivity contribution in [2.24, 2.45) is 0 Å². The molecule has 0 aliphatic rings. The van der Waals surface area contributed by atoms with E-state index in [0.29, 0.717) is 0 Å². The van der Waals surface area contributed by atoms with Crippen molar-refractivity contribution in [1.82, 2.24) is 0 Å². The normalized spacial score (nSPS) is 10.6. The molecule has 0 spiro atoms. The molecule has 0 aliphatic carbocycles. The molecule has 0 bridgehead atoms. The summed E-state index contributed by atoms with van der Waals surface area (Å²) in [6, 6.07) is 3.05. The van der Waals surface area contributed by atoms with Crippen LogP contribution in [-0.4, -0.2) is 19.4 Å². The van der Waals surface area contributed by atoms with Gasteiger partial charge in [0.15, 0.2) is 6.29 Å². The lowest BCUT2D eigenvalue weighted by atomic mass is 9.96. The van der Waals surface area contributed by atoms with Crippen molar-refractivity contribution in [3.8, 4) is 6.07 Å². The smallest absolute Gasteiger partial charge is 0.418 e. The number of benzene rings is 1. The molecule has 0 aliphatic heterocycles. The van der Waals surface area contributed by atoms with Gasteiger partial charge in [-0.05, 0) is 12.1 Å². The van der Waals surface area contributed by atoms with Crippen LogP contribution in [0.15, 0.2) is 12.1 Å². The maximum absolute atomic E-state index is 12.8. The van der Waals surface area contributed by atoms with Crippen LogP contribution < -0.4 is 0 Å². The minimum absolute atomic E-state index is 0.120. The number of hydrogen-bond donors (Lipinski definition) is 0. The van der Waals surface area contributed by atoms with Gasteiger partial charge in [0, 0.05) is 5.56 Å². The van der Waals surface area contributed by atoms with Crippen LogP contribution in [0.2, 0.25) is 0 Å². The third kappa shape index (κ3) is 2.32. The molecule has 0 atom stereocenters. The summed E-state index contributed by atoms with van der Waals surface area (Å²) in [5.41, 5.74) is -3.58. The van der Waals surface area contributed by atoms with Crippen molar-refractivity contribution in [2.45, 2.75) is 6.18 Å². The first kappa shape index (κ1) is 13.7. The first-order valence-corrected chi connectivity index (χ1v) is 4.54. The van der Waals surface area contributed by atoms with E-state index in [4.69, 9.17) is 5.26 Å². The highest BCUT2D eigenvalue weighted by Gasteiger charge is 2.39. The van der Waals surface area contributed by atoms with Crippen molar-refractivity contribution in [1.29, 1.82) is 5.26 Å². The summed E-state index contributed by atoms with van der Waals surface area (Å²) in [4.78, 5) is 21.8. The number of methoxy groups -OCH3 is 1. The molecule has 1 aromatic carbocycles. The molecule has 0 unspecified atom stereocenters. The van der Waals surface area contributed by atoms with Crippen LogP contribution in [-0.2, 0) is 10.9 Å². The predicted molar refractivity (Wildman–Crippen MR) is 52.9 cm³/mol. The summed E-state index contributed by atoms with van der Waals surface area (Å²) in [6.45, 7) is 0. The van der Waals surface area contributed by atoms with E-state index < -0.39 is 34.4 Å². The zero-order valence-electron chi connectivity index (χ0n) is 9.04. The highest BCUT2D eigenvalue weighted by molar-refractivity contribution is 5.94. The topological polar surface area (TPSA) is 67.2 Å². The molecule has 94 valence electrons. The Morgan fingerprint density at radius 1 is 1.44 bits per heavy atom. The Bertz CT molecular complexity index is 544. The number of aldehydes is 1. The molecule has 4 nitrogen and oxygen atoms in total. The van der Waals surface area contributed by atoms with E-state index in [1.54, 1.807) is 0 Å². The average Bonchev–Trinajstić information content (AvgIpc) is 2.34. The highest BCUT2D eigenvalue weighted by atomic mass is 19.4. The number of carbonyl (C=O) groups excluding carboxylic acids is 2. The van der Waals surface area contributed by atoms with Gasteiger partial charge in [-0.2, -0.15) is 18.4 Å². The van der Waals surface area contributed by atoms with Crippen molar-refractivity contribution >= 4 is 12.3 Å². The summed E-state index contributed by atoms with van der Waals surface area (Å²) in [5.74, 6) is -1.23. The monoisotopic (exact) mass is 257 g/mol. The van der Waals surface area contributed by atoms with Crippen LogP contribution >= 0.6 is 0 Å². The summed E-state index contributed by atoms with van der Waals surface area (Å²) < 4.78 is 42.7. The summed E-state index contributed by atoms with van der Waals surface area (Å²) >= 11 is 0. The Labute approximate surface area is 99.6 Å². The minimum atomic E-state index is -4.94. The van der Waals surface area contributed by atoms with Gasteiger partial charge in [-0.1, -0.05) is 0 Å². The van der Waals surface area contributed by atoms with Gasteiger partial charge in [0.1, 0.15) is 6.07 Å². The summed E-state index contributed by atoms with van der Waals surface area (Å²) in [7, 11) is 0.919. The Hall–Kier alpha value is -2.36. The molecule has 0 heterocycles. The number of nitrogens with zero attached hydrogens (tertiary/aromatic N) is 1. The first-order chi connectivity index (χ1) is 8.36. The number of alkyl halides is 3. The Morgan fingerprint density at radius 2 is 2.06 bits per heavy atom. The van der Waals surface area contributed by atoms with E-state index in [-0.39, 0.29) is 6.29 Å². The number of hydrogen-bond acceptors (Lipinski definition) is 4. The number of esters is 1. The van der Waals surface area contributed by atoms with Gasteiger partial charge in [-0.3, -0.25) is 4.79 Å². The van der Waals surface area contributed by atoms with Crippen molar-refractivity contribution in [2.75, 3.05) is 7.11 Å². The van der Waals surface area contributed by atoms with Gasteiger partial charge in [-0.15, -0.1) is 0 Å². The first-order valence-electron chi connectivity index (χ1n) is 4.54. The van der Waals surface area contributed by atoms with E-state index >= 15 is 0 Å². The van der Waals surface area contributed by atoms with Gasteiger partial charge in [0.2, 0.25) is 0 Å². The second-order valence-corrected chi connectivity index (χ2v) is 3.17. The molecule has 0 saturated carbocycles. The molecule has 1 aromatic rings. The van der Waals surface area contributed by atoms with E-state index in [1.165, 1.54) is 6.07 Å². The minimum Gasteiger partial charge on any atom is -0.465 e. The van der Waals surface area contributed by atoms with Crippen molar-refractivity contribution < 1.29 is 27.5 Å². The zero-order valence-corrected chi connectivity index (χ0v) is 9.04. The van der Waals surface area contributed by atoms with Crippen LogP contribution in [0.1, 0.15) is 31.8 Å². The standard InChI is InChI=1S/C11H6F3NO3/c1-18-10(17)7-3-2-6(5-16)8(4-15)9(7)11(12,13)14/h2-3,5H,1H3. The fraction of sp³-hybridized carbons (Fsp3) is 0.182. The van der Waals surface area contributed by atoms with E-state index in [9.17, 15) is 22.8 Å². The van der Waals surface area contributed by atoms with Crippen LogP contribution in [0.25, 0.3) is 0 Å².